The van der Waals surface area contributed by atoms with Gasteiger partial charge in [-0.25, -0.2) is 0 Å². The standard InChI is InChI=1S/C18H22ClN5O/c1-4-23-13(3)14(12(2)22-23)10-20-18(25)8-9-24-17-7-5-6-16(19)15(17)11-21-24/h5-7,11H,4,8-10H2,1-3H3,(H,20,25). The molecule has 1 N–H and O–H groups in total. The summed E-state index contributed by atoms with van der Waals surface area (Å²) in [6, 6.07) is 5.68. The van der Waals surface area contributed by atoms with Gasteiger partial charge in [0.2, 0.25) is 5.91 Å². The number of benzene rings is 1. The summed E-state index contributed by atoms with van der Waals surface area (Å²) in [6.45, 7) is 7.91. The van der Waals surface area contributed by atoms with Crippen molar-refractivity contribution in [3.05, 3.63) is 46.4 Å². The van der Waals surface area contributed by atoms with Crippen LogP contribution >= 0.6 is 11.6 Å². The molecule has 3 rings (SSSR count). The molecule has 0 saturated carbocycles. The summed E-state index contributed by atoms with van der Waals surface area (Å²) in [4.78, 5) is 12.2. The van der Waals surface area contributed by atoms with E-state index >= 15 is 0 Å². The molecule has 2 heterocycles. The van der Waals surface area contributed by atoms with Crippen LogP contribution < -0.4 is 5.32 Å². The Balaban J connectivity index is 1.60. The van der Waals surface area contributed by atoms with Crippen LogP contribution in [-0.2, 0) is 24.4 Å². The highest BCUT2D eigenvalue weighted by Gasteiger charge is 2.12. The zero-order valence-electron chi connectivity index (χ0n) is 14.7. The lowest BCUT2D eigenvalue weighted by Gasteiger charge is -2.07. The fraction of sp³-hybridized carbons (Fsp3) is 0.389. The maximum absolute atomic E-state index is 12.2. The molecule has 25 heavy (non-hydrogen) atoms. The van der Waals surface area contributed by atoms with Gasteiger partial charge in [-0.05, 0) is 32.9 Å². The fourth-order valence-electron chi connectivity index (χ4n) is 3.03. The van der Waals surface area contributed by atoms with Crippen LogP contribution in [0.4, 0.5) is 0 Å². The SMILES string of the molecule is CCn1nc(C)c(CNC(=O)CCn2ncc3c(Cl)cccc32)c1C. The maximum Gasteiger partial charge on any atom is 0.222 e. The largest absolute Gasteiger partial charge is 0.352 e. The number of nitrogens with zero attached hydrogens (tertiary/aromatic N) is 4. The van der Waals surface area contributed by atoms with E-state index in [1.54, 1.807) is 6.20 Å². The van der Waals surface area contributed by atoms with E-state index in [0.717, 1.165) is 34.4 Å². The van der Waals surface area contributed by atoms with Crippen molar-refractivity contribution in [1.29, 1.82) is 0 Å². The van der Waals surface area contributed by atoms with Crippen molar-refractivity contribution in [2.45, 2.75) is 46.8 Å². The van der Waals surface area contributed by atoms with Gasteiger partial charge in [0.25, 0.3) is 0 Å². The number of fused-ring (bicyclic) bond motifs is 1. The summed E-state index contributed by atoms with van der Waals surface area (Å²) in [6.07, 6.45) is 2.10. The van der Waals surface area contributed by atoms with Crippen molar-refractivity contribution < 1.29 is 4.79 Å². The summed E-state index contributed by atoms with van der Waals surface area (Å²) in [5.74, 6) is -0.00581. The highest BCUT2D eigenvalue weighted by atomic mass is 35.5. The second-order valence-corrected chi connectivity index (χ2v) is 6.44. The zero-order chi connectivity index (χ0) is 18.0. The predicted molar refractivity (Wildman–Crippen MR) is 98.6 cm³/mol. The molecule has 0 aliphatic carbocycles. The first-order valence-electron chi connectivity index (χ1n) is 8.41. The average Bonchev–Trinajstić information content (AvgIpc) is 3.13. The van der Waals surface area contributed by atoms with Crippen molar-refractivity contribution in [2.75, 3.05) is 0 Å². The molecule has 0 saturated heterocycles. The monoisotopic (exact) mass is 359 g/mol. The Hall–Kier alpha value is -2.34. The van der Waals surface area contributed by atoms with Crippen LogP contribution in [0.3, 0.4) is 0 Å². The molecule has 2 aromatic heterocycles. The van der Waals surface area contributed by atoms with Gasteiger partial charge in [-0.1, -0.05) is 17.7 Å². The molecule has 0 radical (unpaired) electrons. The maximum atomic E-state index is 12.2. The van der Waals surface area contributed by atoms with E-state index in [4.69, 9.17) is 11.6 Å². The highest BCUT2D eigenvalue weighted by Crippen LogP contribution is 2.22. The van der Waals surface area contributed by atoms with Gasteiger partial charge < -0.3 is 5.32 Å². The molecular formula is C18H22ClN5O. The molecule has 1 aromatic carbocycles. The Kier molecular flexibility index (Phi) is 5.08. The molecule has 1 amide bonds. The number of amides is 1. The Morgan fingerprint density at radius 2 is 2.08 bits per heavy atom. The summed E-state index contributed by atoms with van der Waals surface area (Å²) >= 11 is 6.15. The molecule has 0 unspecified atom stereocenters. The summed E-state index contributed by atoms with van der Waals surface area (Å²) in [7, 11) is 0. The Labute approximate surface area is 151 Å². The molecule has 132 valence electrons. The van der Waals surface area contributed by atoms with Crippen LogP contribution in [0, 0.1) is 13.8 Å². The second-order valence-electron chi connectivity index (χ2n) is 6.03. The molecule has 0 aliphatic rings. The summed E-state index contributed by atoms with van der Waals surface area (Å²) < 4.78 is 3.77. The Morgan fingerprint density at radius 1 is 1.28 bits per heavy atom. The fourth-order valence-corrected chi connectivity index (χ4v) is 3.25. The number of aromatic nitrogens is 4. The van der Waals surface area contributed by atoms with Gasteiger partial charge >= 0.3 is 0 Å². The molecule has 0 bridgehead atoms. The van der Waals surface area contributed by atoms with E-state index in [-0.39, 0.29) is 5.91 Å². The highest BCUT2D eigenvalue weighted by molar-refractivity contribution is 6.35. The number of carbonyl (C=O) groups is 1. The lowest BCUT2D eigenvalue weighted by Crippen LogP contribution is -2.24. The number of nitrogens with one attached hydrogen (secondary N) is 1. The Bertz CT molecular complexity index is 912. The van der Waals surface area contributed by atoms with Crippen molar-refractivity contribution in [2.24, 2.45) is 0 Å². The quantitative estimate of drug-likeness (QED) is 0.734. The third-order valence-corrected chi connectivity index (χ3v) is 4.81. The lowest BCUT2D eigenvalue weighted by atomic mass is 10.2. The number of halogens is 1. The molecule has 0 atom stereocenters. The van der Waals surface area contributed by atoms with Crippen LogP contribution in [0.5, 0.6) is 0 Å². The van der Waals surface area contributed by atoms with Crippen molar-refractivity contribution >= 4 is 28.4 Å². The predicted octanol–water partition coefficient (Wildman–Crippen LogP) is 3.23. The van der Waals surface area contributed by atoms with E-state index in [1.165, 1.54) is 0 Å². The van der Waals surface area contributed by atoms with Crippen LogP contribution in [0.25, 0.3) is 10.9 Å². The minimum Gasteiger partial charge on any atom is -0.352 e. The number of aryl methyl sites for hydroxylation is 3. The van der Waals surface area contributed by atoms with Crippen LogP contribution in [0.15, 0.2) is 24.4 Å². The zero-order valence-corrected chi connectivity index (χ0v) is 15.5. The molecule has 7 heteroatoms. The van der Waals surface area contributed by atoms with Gasteiger partial charge in [0.1, 0.15) is 0 Å². The van der Waals surface area contributed by atoms with Gasteiger partial charge in [-0.3, -0.25) is 14.2 Å². The average molecular weight is 360 g/mol. The molecule has 3 aromatic rings. The minimum absolute atomic E-state index is 0.00581. The number of rotatable bonds is 6. The van der Waals surface area contributed by atoms with E-state index < -0.39 is 0 Å². The topological polar surface area (TPSA) is 64.7 Å². The molecule has 0 spiro atoms. The number of hydrogen-bond donors (Lipinski definition) is 1. The van der Waals surface area contributed by atoms with Crippen molar-refractivity contribution in [1.82, 2.24) is 24.9 Å². The van der Waals surface area contributed by atoms with E-state index in [9.17, 15) is 4.79 Å². The normalized spacial score (nSPS) is 11.2. The van der Waals surface area contributed by atoms with Crippen LogP contribution in [0.1, 0.15) is 30.3 Å². The van der Waals surface area contributed by atoms with Gasteiger partial charge in [-0.15, -0.1) is 0 Å². The van der Waals surface area contributed by atoms with Crippen LogP contribution in [0.2, 0.25) is 5.02 Å². The van der Waals surface area contributed by atoms with Crippen LogP contribution in [-0.4, -0.2) is 25.5 Å². The third kappa shape index (κ3) is 3.54. The smallest absolute Gasteiger partial charge is 0.222 e. The Morgan fingerprint density at radius 3 is 2.80 bits per heavy atom. The lowest BCUT2D eigenvalue weighted by molar-refractivity contribution is -0.121. The van der Waals surface area contributed by atoms with E-state index in [0.29, 0.717) is 24.5 Å². The molecule has 0 fully saturated rings. The van der Waals surface area contributed by atoms with Gasteiger partial charge in [-0.2, -0.15) is 10.2 Å². The first kappa shape index (κ1) is 17.5. The molecular weight excluding hydrogens is 338 g/mol. The van der Waals surface area contributed by atoms with Gasteiger partial charge in [0, 0.05) is 36.2 Å². The van der Waals surface area contributed by atoms with Gasteiger partial charge in [0.15, 0.2) is 0 Å². The van der Waals surface area contributed by atoms with E-state index in [1.807, 2.05) is 41.4 Å². The second kappa shape index (κ2) is 7.27. The van der Waals surface area contributed by atoms with E-state index in [2.05, 4.69) is 22.4 Å². The third-order valence-electron chi connectivity index (χ3n) is 4.48. The summed E-state index contributed by atoms with van der Waals surface area (Å²) in [5, 5.41) is 13.4. The molecule has 0 aliphatic heterocycles. The number of carbonyl (C=O) groups excluding carboxylic acids is 1. The summed E-state index contributed by atoms with van der Waals surface area (Å²) in [5.41, 5.74) is 4.10. The molecule has 6 nitrogen and oxygen atoms in total. The first-order chi connectivity index (χ1) is 12.0. The van der Waals surface area contributed by atoms with Crippen molar-refractivity contribution in [3.8, 4) is 0 Å². The number of hydrogen-bond acceptors (Lipinski definition) is 3. The van der Waals surface area contributed by atoms with Gasteiger partial charge in [0.05, 0.1) is 29.0 Å². The minimum atomic E-state index is -0.00581. The van der Waals surface area contributed by atoms with Crippen molar-refractivity contribution in [3.63, 3.8) is 0 Å². The first-order valence-corrected chi connectivity index (χ1v) is 8.78.